The third kappa shape index (κ3) is 7.23. The molecule has 0 saturated carbocycles. The number of nitrogens with one attached hydrogen (secondary N) is 1. The van der Waals surface area contributed by atoms with E-state index < -0.39 is 0 Å². The van der Waals surface area contributed by atoms with Crippen molar-refractivity contribution in [2.45, 2.75) is 58.4 Å². The van der Waals surface area contributed by atoms with Gasteiger partial charge in [-0.15, -0.1) is 12.4 Å². The van der Waals surface area contributed by atoms with E-state index in [1.807, 2.05) is 76.5 Å². The van der Waals surface area contributed by atoms with E-state index in [-0.39, 0.29) is 30.1 Å². The maximum Gasteiger partial charge on any atom is 0.227 e. The van der Waals surface area contributed by atoms with Crippen molar-refractivity contribution in [1.29, 1.82) is 5.41 Å². The molecule has 2 amide bonds. The van der Waals surface area contributed by atoms with Crippen molar-refractivity contribution in [3.05, 3.63) is 95.1 Å². The first kappa shape index (κ1) is 28.9. The number of rotatable bonds is 10. The number of nitrogens with two attached hydrogens (primary N) is 1. The van der Waals surface area contributed by atoms with Crippen LogP contribution in [0.2, 0.25) is 0 Å². The highest BCUT2D eigenvalue weighted by atomic mass is 35.5. The molecule has 3 N–H and O–H groups in total. The van der Waals surface area contributed by atoms with Gasteiger partial charge in [0.05, 0.1) is 6.54 Å². The minimum Gasteiger partial charge on any atom is -0.384 e. The van der Waals surface area contributed by atoms with Gasteiger partial charge in [0.1, 0.15) is 5.84 Å². The Balaban J connectivity index is 0.00000400. The molecular formula is C31H37ClN4O2. The van der Waals surface area contributed by atoms with Crippen molar-refractivity contribution in [3.63, 3.8) is 0 Å². The Morgan fingerprint density at radius 2 is 1.71 bits per heavy atom. The number of nitrogen functional groups attached to an aromatic ring is 1. The molecular weight excluding hydrogens is 496 g/mol. The van der Waals surface area contributed by atoms with Crippen LogP contribution in [0.15, 0.2) is 72.8 Å². The minimum absolute atomic E-state index is 0. The molecule has 7 heteroatoms. The molecule has 3 aromatic carbocycles. The summed E-state index contributed by atoms with van der Waals surface area (Å²) in [5, 5.41) is 7.53. The van der Waals surface area contributed by atoms with Crippen LogP contribution in [0.4, 0.5) is 11.4 Å². The Morgan fingerprint density at radius 1 is 0.974 bits per heavy atom. The molecule has 3 aromatic rings. The summed E-state index contributed by atoms with van der Waals surface area (Å²) in [6.45, 7) is 3.34. The van der Waals surface area contributed by atoms with E-state index in [0.717, 1.165) is 53.7 Å². The Labute approximate surface area is 231 Å². The first-order valence-corrected chi connectivity index (χ1v) is 13.2. The Morgan fingerprint density at radius 3 is 2.39 bits per heavy atom. The number of fused-ring (bicyclic) bond motifs is 1. The van der Waals surface area contributed by atoms with Crippen LogP contribution >= 0.6 is 12.4 Å². The highest BCUT2D eigenvalue weighted by molar-refractivity contribution is 5.97. The molecule has 0 aromatic heterocycles. The van der Waals surface area contributed by atoms with Crippen molar-refractivity contribution in [2.24, 2.45) is 5.73 Å². The third-order valence-corrected chi connectivity index (χ3v) is 6.92. The van der Waals surface area contributed by atoms with E-state index in [9.17, 15) is 9.59 Å². The summed E-state index contributed by atoms with van der Waals surface area (Å²) in [6.07, 6.45) is 5.22. The second-order valence-corrected chi connectivity index (χ2v) is 9.64. The number of amidine groups is 1. The number of anilines is 2. The fourth-order valence-corrected chi connectivity index (χ4v) is 4.80. The molecule has 38 heavy (non-hydrogen) atoms. The lowest BCUT2D eigenvalue weighted by Crippen LogP contribution is -2.36. The first-order valence-electron chi connectivity index (χ1n) is 13.2. The zero-order valence-corrected chi connectivity index (χ0v) is 22.8. The van der Waals surface area contributed by atoms with E-state index in [1.165, 1.54) is 0 Å². The molecule has 4 rings (SSSR count). The predicted octanol–water partition coefficient (Wildman–Crippen LogP) is 6.03. The zero-order valence-electron chi connectivity index (χ0n) is 22.0. The topological polar surface area (TPSA) is 90.5 Å². The van der Waals surface area contributed by atoms with Crippen molar-refractivity contribution >= 4 is 41.4 Å². The van der Waals surface area contributed by atoms with Gasteiger partial charge in [-0.3, -0.25) is 15.0 Å². The summed E-state index contributed by atoms with van der Waals surface area (Å²) in [6, 6.07) is 23.7. The molecule has 1 heterocycles. The van der Waals surface area contributed by atoms with Gasteiger partial charge in [-0.05, 0) is 60.6 Å². The number of hydrogen-bond acceptors (Lipinski definition) is 3. The van der Waals surface area contributed by atoms with Crippen LogP contribution in [0.25, 0.3) is 0 Å². The van der Waals surface area contributed by atoms with Gasteiger partial charge in [0.15, 0.2) is 0 Å². The highest BCUT2D eigenvalue weighted by Gasteiger charge is 2.24. The predicted molar refractivity (Wildman–Crippen MR) is 157 cm³/mol. The Hall–Kier alpha value is -3.64. The summed E-state index contributed by atoms with van der Waals surface area (Å²) in [5.41, 5.74) is 11.3. The molecule has 0 bridgehead atoms. The van der Waals surface area contributed by atoms with Crippen LogP contribution in [-0.2, 0) is 29.0 Å². The number of unbranched alkanes of at least 4 members (excludes halogenated alkanes) is 1. The lowest BCUT2D eigenvalue weighted by Gasteiger charge is -2.31. The van der Waals surface area contributed by atoms with Crippen LogP contribution in [0, 0.1) is 5.41 Å². The second kappa shape index (κ2) is 13.8. The molecule has 200 valence electrons. The summed E-state index contributed by atoms with van der Waals surface area (Å²) in [7, 11) is 0. The lowest BCUT2D eigenvalue weighted by molar-refractivity contribution is -0.119. The summed E-state index contributed by atoms with van der Waals surface area (Å²) in [5.74, 6) is 0.274. The van der Waals surface area contributed by atoms with Gasteiger partial charge in [0, 0.05) is 36.3 Å². The van der Waals surface area contributed by atoms with E-state index in [1.54, 1.807) is 0 Å². The average Bonchev–Trinajstić information content (AvgIpc) is 2.93. The van der Waals surface area contributed by atoms with Gasteiger partial charge in [0.25, 0.3) is 0 Å². The molecule has 0 radical (unpaired) electrons. The van der Waals surface area contributed by atoms with Crippen molar-refractivity contribution in [3.8, 4) is 0 Å². The number of halogens is 1. The number of carbonyl (C=O) groups excluding carboxylic acids is 2. The quantitative estimate of drug-likeness (QED) is 0.247. The number of benzene rings is 3. The van der Waals surface area contributed by atoms with Crippen LogP contribution in [0.5, 0.6) is 0 Å². The van der Waals surface area contributed by atoms with Crippen molar-refractivity contribution < 1.29 is 9.59 Å². The molecule has 0 aliphatic carbocycles. The maximum absolute atomic E-state index is 13.2. The van der Waals surface area contributed by atoms with Gasteiger partial charge >= 0.3 is 0 Å². The monoisotopic (exact) mass is 532 g/mol. The molecule has 1 aliphatic rings. The normalized spacial score (nSPS) is 12.3. The van der Waals surface area contributed by atoms with Crippen LogP contribution in [0.1, 0.15) is 61.3 Å². The van der Waals surface area contributed by atoms with Crippen molar-refractivity contribution in [1.82, 2.24) is 0 Å². The zero-order chi connectivity index (χ0) is 26.2. The van der Waals surface area contributed by atoms with Crippen LogP contribution in [-0.4, -0.2) is 24.2 Å². The third-order valence-electron chi connectivity index (χ3n) is 6.92. The lowest BCUT2D eigenvalue weighted by atomic mass is 9.99. The van der Waals surface area contributed by atoms with E-state index in [0.29, 0.717) is 37.9 Å². The summed E-state index contributed by atoms with van der Waals surface area (Å²) in [4.78, 5) is 30.2. The van der Waals surface area contributed by atoms with Gasteiger partial charge in [-0.2, -0.15) is 0 Å². The Kier molecular flexibility index (Phi) is 10.5. The number of hydrogen-bond donors (Lipinski definition) is 2. The van der Waals surface area contributed by atoms with E-state index >= 15 is 0 Å². The SMILES string of the molecule is CCCCC(=O)N(Cc1ccccc1)c1ccc2c(c1)CCCN2C(=O)CCc1ccc(C(=N)N)cc1.Cl. The van der Waals surface area contributed by atoms with Crippen LogP contribution in [0.3, 0.4) is 0 Å². The molecule has 6 nitrogen and oxygen atoms in total. The average molecular weight is 533 g/mol. The largest absolute Gasteiger partial charge is 0.384 e. The molecule has 0 unspecified atom stereocenters. The summed E-state index contributed by atoms with van der Waals surface area (Å²) >= 11 is 0. The molecule has 0 spiro atoms. The molecule has 1 aliphatic heterocycles. The van der Waals surface area contributed by atoms with Crippen LogP contribution < -0.4 is 15.5 Å². The number of nitrogens with zero attached hydrogens (tertiary/aromatic N) is 2. The highest BCUT2D eigenvalue weighted by Crippen LogP contribution is 2.32. The molecule has 0 fully saturated rings. The fraction of sp³-hybridized carbons (Fsp3) is 0.323. The second-order valence-electron chi connectivity index (χ2n) is 9.64. The van der Waals surface area contributed by atoms with Gasteiger partial charge in [-0.1, -0.05) is 67.9 Å². The standard InChI is InChI=1S/C31H36N4O2.ClH/c1-2-3-11-29(36)35(22-24-8-5-4-6-9-24)27-17-18-28-26(21-27)10-7-20-34(28)30(37)19-14-23-12-15-25(16-13-23)31(32)33;/h4-6,8-9,12-13,15-18,21H,2-3,7,10-11,14,19-20,22H2,1H3,(H3,32,33);1H. The van der Waals surface area contributed by atoms with Gasteiger partial charge in [-0.25, -0.2) is 0 Å². The fourth-order valence-electron chi connectivity index (χ4n) is 4.80. The minimum atomic E-state index is 0. The van der Waals surface area contributed by atoms with Gasteiger partial charge < -0.3 is 15.5 Å². The maximum atomic E-state index is 13.2. The number of aryl methyl sites for hydroxylation is 2. The van der Waals surface area contributed by atoms with Gasteiger partial charge in [0.2, 0.25) is 11.8 Å². The number of carbonyl (C=O) groups is 2. The Bertz CT molecular complexity index is 1240. The van der Waals surface area contributed by atoms with E-state index in [2.05, 4.69) is 13.0 Å². The summed E-state index contributed by atoms with van der Waals surface area (Å²) < 4.78 is 0. The number of amides is 2. The van der Waals surface area contributed by atoms with E-state index in [4.69, 9.17) is 11.1 Å². The first-order chi connectivity index (χ1) is 18.0. The van der Waals surface area contributed by atoms with Crippen molar-refractivity contribution in [2.75, 3.05) is 16.3 Å². The molecule has 0 saturated heterocycles. The molecule has 0 atom stereocenters. The smallest absolute Gasteiger partial charge is 0.227 e.